The molecule has 2 saturated heterocycles. The van der Waals surface area contributed by atoms with E-state index in [0.717, 1.165) is 24.2 Å². The van der Waals surface area contributed by atoms with Crippen molar-refractivity contribution in [1.29, 1.82) is 0 Å². The number of likely N-dealkylation sites (tertiary alicyclic amines) is 2. The summed E-state index contributed by atoms with van der Waals surface area (Å²) < 4.78 is 15.0. The van der Waals surface area contributed by atoms with Crippen LogP contribution >= 0.6 is 11.6 Å². The molecular weight excluding hydrogens is 385 g/mol. The Kier molecular flexibility index (Phi) is 5.30. The maximum atomic E-state index is 13.2. The van der Waals surface area contributed by atoms with Crippen molar-refractivity contribution in [2.24, 2.45) is 0 Å². The normalized spacial score (nSPS) is 17.3. The van der Waals surface area contributed by atoms with Gasteiger partial charge in [0.15, 0.2) is 0 Å². The maximum Gasteiger partial charge on any atom is 0.223 e. The van der Waals surface area contributed by atoms with Crippen molar-refractivity contribution in [2.75, 3.05) is 19.6 Å². The summed E-state index contributed by atoms with van der Waals surface area (Å²) in [5.74, 6) is -0.235. The van der Waals surface area contributed by atoms with Crippen LogP contribution in [0.2, 0.25) is 5.02 Å². The molecule has 148 valence electrons. The van der Waals surface area contributed by atoms with Crippen LogP contribution in [-0.2, 0) is 22.6 Å². The highest BCUT2D eigenvalue weighted by atomic mass is 35.5. The van der Waals surface area contributed by atoms with Crippen LogP contribution in [0.4, 0.5) is 4.39 Å². The third kappa shape index (κ3) is 4.01. The number of nitrogens with zero attached hydrogens (tertiary/aromatic N) is 5. The van der Waals surface area contributed by atoms with Crippen molar-refractivity contribution in [3.63, 3.8) is 0 Å². The number of aromatic nitrogens is 3. The number of benzene rings is 1. The van der Waals surface area contributed by atoms with E-state index in [1.807, 2.05) is 6.20 Å². The van der Waals surface area contributed by atoms with Crippen LogP contribution in [0.25, 0.3) is 0 Å². The van der Waals surface area contributed by atoms with E-state index >= 15 is 0 Å². The lowest BCUT2D eigenvalue weighted by molar-refractivity contribution is -0.137. The average Bonchev–Trinajstić information content (AvgIpc) is 3.25. The lowest BCUT2D eigenvalue weighted by Crippen LogP contribution is -2.51. The Morgan fingerprint density at radius 1 is 1.32 bits per heavy atom. The van der Waals surface area contributed by atoms with Crippen LogP contribution in [0.1, 0.15) is 36.6 Å². The predicted octanol–water partition coefficient (Wildman–Crippen LogP) is 2.21. The first-order valence-corrected chi connectivity index (χ1v) is 9.77. The lowest BCUT2D eigenvalue weighted by Gasteiger charge is -2.39. The Morgan fingerprint density at radius 2 is 2.14 bits per heavy atom. The first-order chi connectivity index (χ1) is 13.5. The van der Waals surface area contributed by atoms with Crippen molar-refractivity contribution < 1.29 is 14.0 Å². The fourth-order valence-corrected chi connectivity index (χ4v) is 3.76. The summed E-state index contributed by atoms with van der Waals surface area (Å²) in [6.45, 7) is 2.45. The van der Waals surface area contributed by atoms with E-state index in [-0.39, 0.29) is 22.9 Å². The minimum Gasteiger partial charge on any atom is -0.338 e. The summed E-state index contributed by atoms with van der Waals surface area (Å²) in [5.41, 5.74) is 1.61. The largest absolute Gasteiger partial charge is 0.338 e. The molecule has 2 aliphatic rings. The molecule has 9 heteroatoms. The molecule has 0 unspecified atom stereocenters. The Labute approximate surface area is 167 Å². The van der Waals surface area contributed by atoms with Gasteiger partial charge in [0.05, 0.1) is 23.8 Å². The SMILES string of the molecule is O=C1CCCN1Cc1cn(C2CN(C(=O)CCc3ccc(F)c(Cl)c3)C2)nn1. The Hall–Kier alpha value is -2.48. The second-order valence-electron chi connectivity index (χ2n) is 7.31. The van der Waals surface area contributed by atoms with Crippen molar-refractivity contribution >= 4 is 23.4 Å². The van der Waals surface area contributed by atoms with E-state index in [0.29, 0.717) is 38.9 Å². The monoisotopic (exact) mass is 405 g/mol. The van der Waals surface area contributed by atoms with Crippen LogP contribution in [0.15, 0.2) is 24.4 Å². The van der Waals surface area contributed by atoms with Gasteiger partial charge in [-0.05, 0) is 30.5 Å². The van der Waals surface area contributed by atoms with Crippen LogP contribution in [-0.4, -0.2) is 56.2 Å². The van der Waals surface area contributed by atoms with Crippen LogP contribution in [0, 0.1) is 5.82 Å². The smallest absolute Gasteiger partial charge is 0.223 e. The number of carbonyl (C=O) groups is 2. The summed E-state index contributed by atoms with van der Waals surface area (Å²) in [6, 6.07) is 4.64. The van der Waals surface area contributed by atoms with E-state index in [4.69, 9.17) is 11.6 Å². The minimum atomic E-state index is -0.455. The Morgan fingerprint density at radius 3 is 2.86 bits per heavy atom. The van der Waals surface area contributed by atoms with Crippen LogP contribution in [0.3, 0.4) is 0 Å². The molecular formula is C19H21ClFN5O2. The Balaban J connectivity index is 1.24. The molecule has 2 amide bonds. The number of amides is 2. The van der Waals surface area contributed by atoms with Gasteiger partial charge in [0.1, 0.15) is 11.5 Å². The van der Waals surface area contributed by atoms with Gasteiger partial charge in [-0.15, -0.1) is 5.10 Å². The molecule has 4 rings (SSSR count). The van der Waals surface area contributed by atoms with E-state index in [1.165, 1.54) is 6.07 Å². The number of hydrogen-bond donors (Lipinski definition) is 0. The minimum absolute atomic E-state index is 0.0553. The predicted molar refractivity (Wildman–Crippen MR) is 100 cm³/mol. The van der Waals surface area contributed by atoms with E-state index in [2.05, 4.69) is 10.3 Å². The van der Waals surface area contributed by atoms with Gasteiger partial charge in [0.2, 0.25) is 11.8 Å². The number of halogens is 2. The zero-order valence-corrected chi connectivity index (χ0v) is 16.1. The van der Waals surface area contributed by atoms with Crippen molar-refractivity contribution in [3.05, 3.63) is 46.5 Å². The number of carbonyl (C=O) groups excluding carboxylic acids is 2. The van der Waals surface area contributed by atoms with Gasteiger partial charge in [0.25, 0.3) is 0 Å². The van der Waals surface area contributed by atoms with Crippen molar-refractivity contribution in [2.45, 2.75) is 38.3 Å². The van der Waals surface area contributed by atoms with Crippen molar-refractivity contribution in [3.8, 4) is 0 Å². The van der Waals surface area contributed by atoms with Gasteiger partial charge in [-0.2, -0.15) is 0 Å². The van der Waals surface area contributed by atoms with Gasteiger partial charge >= 0.3 is 0 Å². The van der Waals surface area contributed by atoms with E-state index in [1.54, 1.807) is 26.6 Å². The molecule has 2 aliphatic heterocycles. The van der Waals surface area contributed by atoms with Gasteiger partial charge in [-0.25, -0.2) is 9.07 Å². The van der Waals surface area contributed by atoms with Crippen LogP contribution in [0.5, 0.6) is 0 Å². The first kappa shape index (κ1) is 18.9. The fourth-order valence-electron chi connectivity index (χ4n) is 3.56. The highest BCUT2D eigenvalue weighted by Crippen LogP contribution is 2.23. The fraction of sp³-hybridized carbons (Fsp3) is 0.474. The molecule has 0 aliphatic carbocycles. The standard InChI is InChI=1S/C19H21ClFN5O2/c20-16-8-13(3-5-17(16)21)4-6-19(28)25-11-15(12-25)26-10-14(22-23-26)9-24-7-1-2-18(24)27/h3,5,8,10,15H,1-2,4,6-7,9,11-12H2. The highest BCUT2D eigenvalue weighted by molar-refractivity contribution is 6.30. The quantitative estimate of drug-likeness (QED) is 0.738. The summed E-state index contributed by atoms with van der Waals surface area (Å²) in [7, 11) is 0. The van der Waals surface area contributed by atoms with Crippen LogP contribution < -0.4 is 0 Å². The zero-order chi connectivity index (χ0) is 19.7. The second kappa shape index (κ2) is 7.87. The molecule has 0 spiro atoms. The lowest BCUT2D eigenvalue weighted by atomic mass is 10.1. The molecule has 0 radical (unpaired) electrons. The van der Waals surface area contributed by atoms with Crippen molar-refractivity contribution in [1.82, 2.24) is 24.8 Å². The van der Waals surface area contributed by atoms with Gasteiger partial charge in [0, 0.05) is 32.5 Å². The number of aryl methyl sites for hydroxylation is 1. The Bertz CT molecular complexity index is 896. The maximum absolute atomic E-state index is 13.2. The highest BCUT2D eigenvalue weighted by Gasteiger charge is 2.32. The summed E-state index contributed by atoms with van der Waals surface area (Å²) in [4.78, 5) is 27.6. The zero-order valence-electron chi connectivity index (χ0n) is 15.4. The molecule has 1 aromatic heterocycles. The van der Waals surface area contributed by atoms with Gasteiger partial charge in [-0.1, -0.05) is 22.9 Å². The van der Waals surface area contributed by atoms with Gasteiger partial charge in [-0.3, -0.25) is 9.59 Å². The van der Waals surface area contributed by atoms with E-state index < -0.39 is 5.82 Å². The molecule has 3 heterocycles. The third-order valence-corrected chi connectivity index (χ3v) is 5.57. The molecule has 0 bridgehead atoms. The molecule has 0 saturated carbocycles. The summed E-state index contributed by atoms with van der Waals surface area (Å²) in [5, 5.41) is 8.38. The summed E-state index contributed by atoms with van der Waals surface area (Å²) in [6.07, 6.45) is 4.25. The molecule has 0 N–H and O–H groups in total. The molecule has 1 aromatic carbocycles. The molecule has 2 fully saturated rings. The number of rotatable bonds is 6. The van der Waals surface area contributed by atoms with E-state index in [9.17, 15) is 14.0 Å². The molecule has 0 atom stereocenters. The summed E-state index contributed by atoms with van der Waals surface area (Å²) >= 11 is 5.77. The average molecular weight is 406 g/mol. The third-order valence-electron chi connectivity index (χ3n) is 5.28. The van der Waals surface area contributed by atoms with Gasteiger partial charge < -0.3 is 9.80 Å². The molecule has 7 nitrogen and oxygen atoms in total. The topological polar surface area (TPSA) is 71.3 Å². The first-order valence-electron chi connectivity index (χ1n) is 9.40. The molecule has 28 heavy (non-hydrogen) atoms. The molecule has 2 aromatic rings. The number of hydrogen-bond acceptors (Lipinski definition) is 4. The second-order valence-corrected chi connectivity index (χ2v) is 7.72.